The number of carbonyl (C=O) groups is 3. The van der Waals surface area contributed by atoms with Crippen LogP contribution >= 0.6 is 0 Å². The second-order valence-corrected chi connectivity index (χ2v) is 6.67. The fraction of sp³-hybridized carbons (Fsp3) is 0.250. The van der Waals surface area contributed by atoms with Crippen LogP contribution in [0.3, 0.4) is 0 Å². The van der Waals surface area contributed by atoms with Gasteiger partial charge in [0.25, 0.3) is 11.6 Å². The Labute approximate surface area is 177 Å². The summed E-state index contributed by atoms with van der Waals surface area (Å²) in [6.45, 7) is -0.793. The number of rotatable bonds is 9. The molecule has 0 atom stereocenters. The van der Waals surface area contributed by atoms with E-state index in [4.69, 9.17) is 10.5 Å². The number of primary amides is 1. The van der Waals surface area contributed by atoms with Gasteiger partial charge in [-0.3, -0.25) is 19.7 Å². The van der Waals surface area contributed by atoms with E-state index in [9.17, 15) is 28.9 Å². The van der Waals surface area contributed by atoms with Crippen LogP contribution in [0.5, 0.6) is 0 Å². The van der Waals surface area contributed by atoms with Gasteiger partial charge < -0.3 is 20.3 Å². The molecule has 0 aromatic heterocycles. The van der Waals surface area contributed by atoms with Crippen LogP contribution in [0.2, 0.25) is 0 Å². The minimum Gasteiger partial charge on any atom is -0.452 e. The Morgan fingerprint density at radius 1 is 1.13 bits per heavy atom. The highest BCUT2D eigenvalue weighted by atomic mass is 19.1. The number of ether oxygens (including phenoxy) is 1. The number of nitrogens with two attached hydrogens (primary N) is 1. The molecule has 164 valence electrons. The van der Waals surface area contributed by atoms with Crippen LogP contribution in [-0.2, 0) is 14.3 Å². The van der Waals surface area contributed by atoms with Crippen molar-refractivity contribution in [3.63, 3.8) is 0 Å². The number of halogens is 1. The third kappa shape index (κ3) is 6.23. The minimum absolute atomic E-state index is 0.0969. The molecule has 2 N–H and O–H groups in total. The van der Waals surface area contributed by atoms with Crippen molar-refractivity contribution >= 4 is 34.8 Å². The molecule has 0 saturated carbocycles. The Balaban J connectivity index is 2.15. The summed E-state index contributed by atoms with van der Waals surface area (Å²) in [7, 11) is 3.24. The predicted octanol–water partition coefficient (Wildman–Crippen LogP) is 1.87. The molecule has 0 saturated heterocycles. The molecule has 2 aromatic rings. The Morgan fingerprint density at radius 3 is 2.32 bits per heavy atom. The molecule has 2 amide bonds. The molecule has 10 nitrogen and oxygen atoms in total. The number of amides is 2. The number of nitro groups is 1. The molecule has 0 heterocycles. The first-order chi connectivity index (χ1) is 14.6. The lowest BCUT2D eigenvalue weighted by Crippen LogP contribution is -2.37. The molecule has 31 heavy (non-hydrogen) atoms. The zero-order chi connectivity index (χ0) is 23.1. The van der Waals surface area contributed by atoms with E-state index in [0.717, 1.165) is 23.1 Å². The molecule has 0 bridgehead atoms. The second kappa shape index (κ2) is 10.1. The molecule has 0 radical (unpaired) electrons. The summed E-state index contributed by atoms with van der Waals surface area (Å²) in [6.07, 6.45) is -0.157. The molecule has 0 unspecified atom stereocenters. The number of benzene rings is 2. The third-order valence-electron chi connectivity index (χ3n) is 4.24. The van der Waals surface area contributed by atoms with E-state index in [2.05, 4.69) is 0 Å². The largest absolute Gasteiger partial charge is 0.452 e. The van der Waals surface area contributed by atoms with Crippen molar-refractivity contribution in [1.29, 1.82) is 0 Å². The Bertz CT molecular complexity index is 994. The molecule has 0 fully saturated rings. The van der Waals surface area contributed by atoms with Crippen molar-refractivity contribution < 1.29 is 28.4 Å². The normalized spacial score (nSPS) is 10.3. The number of nitrogens with zero attached hydrogens (tertiary/aromatic N) is 3. The number of hydrogen-bond donors (Lipinski definition) is 1. The molecular formula is C20H21FN4O6. The maximum atomic E-state index is 13.2. The van der Waals surface area contributed by atoms with Crippen molar-refractivity contribution in [2.24, 2.45) is 5.73 Å². The molecule has 0 aliphatic carbocycles. The van der Waals surface area contributed by atoms with Gasteiger partial charge in [0.05, 0.1) is 10.5 Å². The lowest BCUT2D eigenvalue weighted by atomic mass is 10.1. The van der Waals surface area contributed by atoms with E-state index in [-0.39, 0.29) is 29.9 Å². The van der Waals surface area contributed by atoms with Crippen molar-refractivity contribution in [2.45, 2.75) is 6.42 Å². The molecule has 0 aliphatic heterocycles. The predicted molar refractivity (Wildman–Crippen MR) is 110 cm³/mol. The van der Waals surface area contributed by atoms with Crippen LogP contribution in [0.25, 0.3) is 0 Å². The number of carbonyl (C=O) groups excluding carboxylic acids is 3. The molecule has 0 aliphatic rings. The van der Waals surface area contributed by atoms with Gasteiger partial charge in [-0.2, -0.15) is 0 Å². The average Bonchev–Trinajstić information content (AvgIpc) is 2.72. The van der Waals surface area contributed by atoms with Gasteiger partial charge in [0.1, 0.15) is 11.5 Å². The number of hydrogen-bond acceptors (Lipinski definition) is 7. The Morgan fingerprint density at radius 2 is 1.77 bits per heavy atom. The monoisotopic (exact) mass is 432 g/mol. The van der Waals surface area contributed by atoms with Crippen molar-refractivity contribution in [3.8, 4) is 0 Å². The van der Waals surface area contributed by atoms with Crippen LogP contribution in [0.15, 0.2) is 42.5 Å². The van der Waals surface area contributed by atoms with Gasteiger partial charge in [-0.15, -0.1) is 0 Å². The lowest BCUT2D eigenvalue weighted by Gasteiger charge is -2.22. The fourth-order valence-corrected chi connectivity index (χ4v) is 2.70. The van der Waals surface area contributed by atoms with Gasteiger partial charge in [0, 0.05) is 38.8 Å². The fourth-order valence-electron chi connectivity index (χ4n) is 2.70. The van der Waals surface area contributed by atoms with Gasteiger partial charge in [-0.05, 0) is 36.4 Å². The smallest absolute Gasteiger partial charge is 0.338 e. The zero-order valence-electron chi connectivity index (χ0n) is 16.9. The van der Waals surface area contributed by atoms with Crippen molar-refractivity contribution in [1.82, 2.24) is 0 Å². The quantitative estimate of drug-likeness (QED) is 0.363. The van der Waals surface area contributed by atoms with E-state index >= 15 is 0 Å². The summed E-state index contributed by atoms with van der Waals surface area (Å²) in [5.41, 5.74) is 5.32. The Hall–Kier alpha value is -4.02. The standard InChI is InChI=1S/C20H21FN4O6/c1-23(2)16-8-3-13(11-17(16)25(29)30)20(28)31-12-19(27)24(10-9-18(22)26)15-6-4-14(21)5-7-15/h3-8,11H,9-10,12H2,1-2H3,(H2,22,26). The summed E-state index contributed by atoms with van der Waals surface area (Å²) in [5, 5.41) is 11.3. The van der Waals surface area contributed by atoms with Crippen LogP contribution in [0.4, 0.5) is 21.5 Å². The highest BCUT2D eigenvalue weighted by Gasteiger charge is 2.22. The lowest BCUT2D eigenvalue weighted by molar-refractivity contribution is -0.384. The van der Waals surface area contributed by atoms with Crippen molar-refractivity contribution in [2.75, 3.05) is 37.0 Å². The van der Waals surface area contributed by atoms with E-state index in [0.29, 0.717) is 5.69 Å². The molecule has 2 rings (SSSR count). The highest BCUT2D eigenvalue weighted by Crippen LogP contribution is 2.28. The summed E-state index contributed by atoms with van der Waals surface area (Å²) in [5.74, 6) is -2.78. The second-order valence-electron chi connectivity index (χ2n) is 6.67. The van der Waals surface area contributed by atoms with E-state index in [1.165, 1.54) is 29.2 Å². The number of esters is 1. The van der Waals surface area contributed by atoms with Gasteiger partial charge in [0.2, 0.25) is 5.91 Å². The Kier molecular flexibility index (Phi) is 7.61. The van der Waals surface area contributed by atoms with Gasteiger partial charge >= 0.3 is 5.97 Å². The van der Waals surface area contributed by atoms with E-state index < -0.39 is 35.1 Å². The van der Waals surface area contributed by atoms with Crippen LogP contribution in [-0.4, -0.2) is 50.0 Å². The minimum atomic E-state index is -0.935. The highest BCUT2D eigenvalue weighted by molar-refractivity contribution is 5.98. The van der Waals surface area contributed by atoms with Gasteiger partial charge in [0.15, 0.2) is 6.61 Å². The summed E-state index contributed by atoms with van der Waals surface area (Å²) in [6, 6.07) is 8.74. The average molecular weight is 432 g/mol. The maximum absolute atomic E-state index is 13.2. The maximum Gasteiger partial charge on any atom is 0.338 e. The molecule has 0 spiro atoms. The van der Waals surface area contributed by atoms with E-state index in [1.54, 1.807) is 14.1 Å². The van der Waals surface area contributed by atoms with Gasteiger partial charge in [-0.1, -0.05) is 0 Å². The summed E-state index contributed by atoms with van der Waals surface area (Å²) in [4.78, 5) is 49.3. The van der Waals surface area contributed by atoms with Crippen LogP contribution < -0.4 is 15.5 Å². The number of nitro benzene ring substituents is 1. The molecule has 11 heteroatoms. The number of anilines is 2. The summed E-state index contributed by atoms with van der Waals surface area (Å²) >= 11 is 0. The first-order valence-corrected chi connectivity index (χ1v) is 9.07. The van der Waals surface area contributed by atoms with Crippen molar-refractivity contribution in [3.05, 3.63) is 64.0 Å². The summed E-state index contributed by atoms with van der Waals surface area (Å²) < 4.78 is 18.2. The first-order valence-electron chi connectivity index (χ1n) is 9.07. The van der Waals surface area contributed by atoms with E-state index in [1.807, 2.05) is 0 Å². The van der Waals surface area contributed by atoms with Gasteiger partial charge in [-0.25, -0.2) is 9.18 Å². The molecular weight excluding hydrogens is 411 g/mol. The molecule has 2 aromatic carbocycles. The topological polar surface area (TPSA) is 136 Å². The third-order valence-corrected chi connectivity index (χ3v) is 4.24. The zero-order valence-corrected chi connectivity index (χ0v) is 16.9. The first kappa shape index (κ1) is 23.3. The van der Waals surface area contributed by atoms with Crippen LogP contribution in [0, 0.1) is 15.9 Å². The SMILES string of the molecule is CN(C)c1ccc(C(=O)OCC(=O)N(CCC(N)=O)c2ccc(F)cc2)cc1[N+](=O)[O-]. The van der Waals surface area contributed by atoms with Crippen LogP contribution in [0.1, 0.15) is 16.8 Å².